The van der Waals surface area contributed by atoms with Gasteiger partial charge in [0.25, 0.3) is 0 Å². The zero-order valence-electron chi connectivity index (χ0n) is 11.0. The van der Waals surface area contributed by atoms with Gasteiger partial charge in [-0.05, 0) is 30.2 Å². The molecule has 2 aromatic heterocycles. The highest BCUT2D eigenvalue weighted by molar-refractivity contribution is 7.10. The number of hydrogen-bond donors (Lipinski definition) is 1. The molecule has 3 nitrogen and oxygen atoms in total. The standard InChI is InChI=1S/C15H19N3S/c1-2-5-12(4-1)15(14-6-3-9-19-14)18-11-13-10-16-7-8-17-13/h3,6-10,12,15,18H,1-2,4-5,11H2. The van der Waals surface area contributed by atoms with Gasteiger partial charge in [-0.1, -0.05) is 18.9 Å². The summed E-state index contributed by atoms with van der Waals surface area (Å²) >= 11 is 1.85. The van der Waals surface area contributed by atoms with Crippen molar-refractivity contribution in [1.82, 2.24) is 15.3 Å². The summed E-state index contributed by atoms with van der Waals surface area (Å²) in [5.41, 5.74) is 1.02. The van der Waals surface area contributed by atoms with Gasteiger partial charge in [-0.15, -0.1) is 11.3 Å². The predicted molar refractivity (Wildman–Crippen MR) is 77.9 cm³/mol. The van der Waals surface area contributed by atoms with Crippen LogP contribution in [0.2, 0.25) is 0 Å². The van der Waals surface area contributed by atoms with Gasteiger partial charge in [0.05, 0.1) is 5.69 Å². The fourth-order valence-electron chi connectivity index (χ4n) is 2.89. The Kier molecular flexibility index (Phi) is 4.20. The summed E-state index contributed by atoms with van der Waals surface area (Å²) in [5, 5.41) is 5.86. The molecule has 2 heterocycles. The Bertz CT molecular complexity index is 477. The normalized spacial score (nSPS) is 17.7. The first-order valence-corrected chi connectivity index (χ1v) is 7.83. The van der Waals surface area contributed by atoms with Crippen molar-refractivity contribution in [2.45, 2.75) is 38.3 Å². The summed E-state index contributed by atoms with van der Waals surface area (Å²) in [6, 6.07) is 4.87. The van der Waals surface area contributed by atoms with Crippen molar-refractivity contribution in [3.05, 3.63) is 46.7 Å². The Labute approximate surface area is 118 Å². The maximum Gasteiger partial charge on any atom is 0.0724 e. The van der Waals surface area contributed by atoms with Crippen LogP contribution in [0.15, 0.2) is 36.1 Å². The highest BCUT2D eigenvalue weighted by atomic mass is 32.1. The highest BCUT2D eigenvalue weighted by Gasteiger charge is 2.26. The fraction of sp³-hybridized carbons (Fsp3) is 0.467. The van der Waals surface area contributed by atoms with E-state index in [9.17, 15) is 0 Å². The van der Waals surface area contributed by atoms with Gasteiger partial charge in [-0.2, -0.15) is 0 Å². The summed E-state index contributed by atoms with van der Waals surface area (Å²) < 4.78 is 0. The van der Waals surface area contributed by atoms with E-state index in [1.165, 1.54) is 30.6 Å². The first kappa shape index (κ1) is 12.8. The van der Waals surface area contributed by atoms with E-state index in [0.717, 1.165) is 18.2 Å². The van der Waals surface area contributed by atoms with Gasteiger partial charge < -0.3 is 5.32 Å². The van der Waals surface area contributed by atoms with Crippen molar-refractivity contribution in [2.75, 3.05) is 0 Å². The molecule has 4 heteroatoms. The second-order valence-corrected chi connectivity index (χ2v) is 6.09. The molecular weight excluding hydrogens is 254 g/mol. The SMILES string of the molecule is c1csc(C(NCc2cnccn2)C2CCCC2)c1. The van der Waals surface area contributed by atoms with E-state index >= 15 is 0 Å². The first-order chi connectivity index (χ1) is 9.43. The second-order valence-electron chi connectivity index (χ2n) is 5.12. The first-order valence-electron chi connectivity index (χ1n) is 6.95. The Balaban J connectivity index is 1.69. The van der Waals surface area contributed by atoms with Crippen LogP contribution in [0.1, 0.15) is 42.3 Å². The maximum absolute atomic E-state index is 4.34. The molecule has 0 bridgehead atoms. The summed E-state index contributed by atoms with van der Waals surface area (Å²) in [6.45, 7) is 0.799. The average molecular weight is 273 g/mol. The van der Waals surface area contributed by atoms with E-state index in [2.05, 4.69) is 32.8 Å². The van der Waals surface area contributed by atoms with E-state index in [1.54, 1.807) is 12.4 Å². The quantitative estimate of drug-likeness (QED) is 0.905. The van der Waals surface area contributed by atoms with Crippen molar-refractivity contribution in [1.29, 1.82) is 0 Å². The molecule has 0 spiro atoms. The third kappa shape index (κ3) is 3.19. The minimum Gasteiger partial charge on any atom is -0.303 e. The topological polar surface area (TPSA) is 37.8 Å². The molecule has 0 radical (unpaired) electrons. The van der Waals surface area contributed by atoms with Crippen LogP contribution in [-0.2, 0) is 6.54 Å². The van der Waals surface area contributed by atoms with Crippen molar-refractivity contribution in [2.24, 2.45) is 5.92 Å². The Morgan fingerprint density at radius 2 is 2.21 bits per heavy atom. The minimum absolute atomic E-state index is 0.476. The lowest BCUT2D eigenvalue weighted by Crippen LogP contribution is -2.26. The van der Waals surface area contributed by atoms with Crippen LogP contribution in [0, 0.1) is 5.92 Å². The van der Waals surface area contributed by atoms with Gasteiger partial charge in [-0.25, -0.2) is 0 Å². The lowest BCUT2D eigenvalue weighted by Gasteiger charge is -2.23. The van der Waals surface area contributed by atoms with Gasteiger partial charge in [0.1, 0.15) is 0 Å². The molecule has 100 valence electrons. The molecule has 0 saturated heterocycles. The lowest BCUT2D eigenvalue weighted by molar-refractivity contribution is 0.369. The molecule has 1 aliphatic rings. The third-order valence-electron chi connectivity index (χ3n) is 3.84. The molecular formula is C15H19N3S. The Hall–Kier alpha value is -1.26. The molecule has 1 saturated carbocycles. The van der Waals surface area contributed by atoms with Gasteiger partial charge in [-0.3, -0.25) is 9.97 Å². The van der Waals surface area contributed by atoms with Gasteiger partial charge >= 0.3 is 0 Å². The highest BCUT2D eigenvalue weighted by Crippen LogP contribution is 2.37. The van der Waals surface area contributed by atoms with Gasteiger partial charge in [0.2, 0.25) is 0 Å². The smallest absolute Gasteiger partial charge is 0.0724 e. The van der Waals surface area contributed by atoms with Crippen molar-refractivity contribution >= 4 is 11.3 Å². The Morgan fingerprint density at radius 1 is 1.32 bits per heavy atom. The molecule has 0 aliphatic heterocycles. The fourth-order valence-corrected chi connectivity index (χ4v) is 3.79. The van der Waals surface area contributed by atoms with Crippen molar-refractivity contribution < 1.29 is 0 Å². The molecule has 1 unspecified atom stereocenters. The number of aromatic nitrogens is 2. The number of rotatable bonds is 5. The average Bonchev–Trinajstić information content (AvgIpc) is 3.13. The van der Waals surface area contributed by atoms with E-state index in [1.807, 2.05) is 17.5 Å². The van der Waals surface area contributed by atoms with Crippen molar-refractivity contribution in [3.8, 4) is 0 Å². The van der Waals surface area contributed by atoms with E-state index < -0.39 is 0 Å². The Morgan fingerprint density at radius 3 is 2.89 bits per heavy atom. The van der Waals surface area contributed by atoms with E-state index in [0.29, 0.717) is 6.04 Å². The zero-order valence-corrected chi connectivity index (χ0v) is 11.8. The third-order valence-corrected chi connectivity index (χ3v) is 4.80. The van der Waals surface area contributed by atoms with Crippen LogP contribution in [0.3, 0.4) is 0 Å². The molecule has 1 atom stereocenters. The van der Waals surface area contributed by atoms with Crippen LogP contribution >= 0.6 is 11.3 Å². The summed E-state index contributed by atoms with van der Waals surface area (Å²) in [6.07, 6.45) is 10.8. The van der Waals surface area contributed by atoms with E-state index in [-0.39, 0.29) is 0 Å². The summed E-state index contributed by atoms with van der Waals surface area (Å²) in [4.78, 5) is 9.91. The van der Waals surface area contributed by atoms with Crippen molar-refractivity contribution in [3.63, 3.8) is 0 Å². The van der Waals surface area contributed by atoms with Gasteiger partial charge in [0, 0.05) is 36.1 Å². The second kappa shape index (κ2) is 6.26. The minimum atomic E-state index is 0.476. The summed E-state index contributed by atoms with van der Waals surface area (Å²) in [7, 11) is 0. The van der Waals surface area contributed by atoms with E-state index in [4.69, 9.17) is 0 Å². The van der Waals surface area contributed by atoms with Crippen LogP contribution in [0.25, 0.3) is 0 Å². The lowest BCUT2D eigenvalue weighted by atomic mass is 9.96. The summed E-state index contributed by atoms with van der Waals surface area (Å²) in [5.74, 6) is 0.773. The van der Waals surface area contributed by atoms with Crippen LogP contribution in [-0.4, -0.2) is 9.97 Å². The molecule has 0 amide bonds. The predicted octanol–water partition coefficient (Wildman–Crippen LogP) is 3.56. The molecule has 3 rings (SSSR count). The molecule has 19 heavy (non-hydrogen) atoms. The molecule has 1 fully saturated rings. The monoisotopic (exact) mass is 273 g/mol. The molecule has 1 aliphatic carbocycles. The molecule has 1 N–H and O–H groups in total. The van der Waals surface area contributed by atoms with Crippen LogP contribution in [0.4, 0.5) is 0 Å². The molecule has 0 aromatic carbocycles. The molecule has 2 aromatic rings. The number of nitrogens with zero attached hydrogens (tertiary/aromatic N) is 2. The largest absolute Gasteiger partial charge is 0.303 e. The van der Waals surface area contributed by atoms with Gasteiger partial charge in [0.15, 0.2) is 0 Å². The maximum atomic E-state index is 4.34. The number of hydrogen-bond acceptors (Lipinski definition) is 4. The number of nitrogens with one attached hydrogen (secondary N) is 1. The van der Waals surface area contributed by atoms with Crippen LogP contribution in [0.5, 0.6) is 0 Å². The zero-order chi connectivity index (χ0) is 12.9. The number of thiophene rings is 1. The van der Waals surface area contributed by atoms with Crippen LogP contribution < -0.4 is 5.32 Å².